The van der Waals surface area contributed by atoms with E-state index in [2.05, 4.69) is 73.2 Å². The van der Waals surface area contributed by atoms with Gasteiger partial charge in [0.2, 0.25) is 0 Å². The van der Waals surface area contributed by atoms with Gasteiger partial charge in [-0.25, -0.2) is 0 Å². The van der Waals surface area contributed by atoms with Gasteiger partial charge in [0, 0.05) is 16.6 Å². The quantitative estimate of drug-likeness (QED) is 0.758. The van der Waals surface area contributed by atoms with E-state index < -0.39 is 0 Å². The van der Waals surface area contributed by atoms with Crippen molar-refractivity contribution in [2.45, 2.75) is 59.0 Å². The molecule has 0 amide bonds. The molecule has 1 nitrogen and oxygen atoms in total. The van der Waals surface area contributed by atoms with Crippen LogP contribution in [0.5, 0.6) is 0 Å². The van der Waals surface area contributed by atoms with Gasteiger partial charge in [-0.3, -0.25) is 0 Å². The first-order valence-electron chi connectivity index (χ1n) is 7.99. The Morgan fingerprint density at radius 3 is 2.50 bits per heavy atom. The molecule has 1 aliphatic carbocycles. The van der Waals surface area contributed by atoms with Crippen LogP contribution in [0.4, 0.5) is 0 Å². The van der Waals surface area contributed by atoms with Gasteiger partial charge in [0.25, 0.3) is 0 Å². The van der Waals surface area contributed by atoms with Crippen molar-refractivity contribution in [1.82, 2.24) is 5.32 Å². The third-order valence-corrected chi connectivity index (χ3v) is 5.58. The lowest BCUT2D eigenvalue weighted by Crippen LogP contribution is -2.43. The number of nitrogens with one attached hydrogen (secondary N) is 1. The van der Waals surface area contributed by atoms with Gasteiger partial charge in [-0.1, -0.05) is 61.3 Å². The first-order valence-corrected chi connectivity index (χ1v) is 8.78. The van der Waals surface area contributed by atoms with E-state index in [0.29, 0.717) is 12.1 Å². The molecular weight excluding hydrogens is 310 g/mol. The highest BCUT2D eigenvalue weighted by molar-refractivity contribution is 9.10. The molecule has 1 saturated carbocycles. The Morgan fingerprint density at radius 2 is 1.85 bits per heavy atom. The molecule has 4 atom stereocenters. The van der Waals surface area contributed by atoms with Gasteiger partial charge >= 0.3 is 0 Å². The number of hydrogen-bond donors (Lipinski definition) is 1. The van der Waals surface area contributed by atoms with Crippen LogP contribution < -0.4 is 5.32 Å². The molecular formula is C18H28BrN. The maximum atomic E-state index is 3.91. The fraction of sp³-hybridized carbons (Fsp3) is 0.667. The second-order valence-corrected chi connectivity index (χ2v) is 7.70. The topological polar surface area (TPSA) is 12.0 Å². The van der Waals surface area contributed by atoms with Crippen LogP contribution in [0, 0.1) is 17.8 Å². The zero-order valence-electron chi connectivity index (χ0n) is 13.2. The van der Waals surface area contributed by atoms with Crippen LogP contribution in [0.25, 0.3) is 0 Å². The second kappa shape index (κ2) is 7.09. The zero-order valence-corrected chi connectivity index (χ0v) is 14.8. The molecule has 0 aromatic heterocycles. The van der Waals surface area contributed by atoms with Gasteiger partial charge in [-0.15, -0.1) is 0 Å². The van der Waals surface area contributed by atoms with Crippen molar-refractivity contribution in [3.8, 4) is 0 Å². The van der Waals surface area contributed by atoms with Gasteiger partial charge in [-0.05, 0) is 49.1 Å². The van der Waals surface area contributed by atoms with E-state index in [-0.39, 0.29) is 0 Å². The maximum Gasteiger partial charge on any atom is 0.0305 e. The molecule has 20 heavy (non-hydrogen) atoms. The Labute approximate surface area is 132 Å². The van der Waals surface area contributed by atoms with Crippen molar-refractivity contribution in [2.24, 2.45) is 17.8 Å². The van der Waals surface area contributed by atoms with E-state index >= 15 is 0 Å². The maximum absolute atomic E-state index is 3.91. The molecule has 1 N–H and O–H groups in total. The average molecular weight is 338 g/mol. The van der Waals surface area contributed by atoms with E-state index in [1.54, 1.807) is 0 Å². The fourth-order valence-electron chi connectivity index (χ4n) is 3.63. The first kappa shape index (κ1) is 16.0. The number of hydrogen-bond acceptors (Lipinski definition) is 1. The summed E-state index contributed by atoms with van der Waals surface area (Å²) in [5, 5.41) is 3.91. The molecule has 0 heterocycles. The molecule has 0 saturated heterocycles. The van der Waals surface area contributed by atoms with Crippen molar-refractivity contribution in [1.29, 1.82) is 0 Å². The van der Waals surface area contributed by atoms with E-state index in [9.17, 15) is 0 Å². The van der Waals surface area contributed by atoms with Gasteiger partial charge in [0.05, 0.1) is 0 Å². The minimum atomic E-state index is 0.405. The first-order chi connectivity index (χ1) is 9.49. The minimum Gasteiger partial charge on any atom is -0.307 e. The zero-order chi connectivity index (χ0) is 14.7. The highest BCUT2D eigenvalue weighted by Gasteiger charge is 2.31. The summed E-state index contributed by atoms with van der Waals surface area (Å²) in [6.45, 7) is 9.43. The summed E-state index contributed by atoms with van der Waals surface area (Å²) in [6, 6.07) is 9.62. The smallest absolute Gasteiger partial charge is 0.0305 e. The monoisotopic (exact) mass is 337 g/mol. The summed E-state index contributed by atoms with van der Waals surface area (Å²) in [4.78, 5) is 0. The van der Waals surface area contributed by atoms with Crippen LogP contribution >= 0.6 is 15.9 Å². The lowest BCUT2D eigenvalue weighted by molar-refractivity contribution is 0.161. The normalized spacial score (nSPS) is 28.6. The summed E-state index contributed by atoms with van der Waals surface area (Å²) in [6.07, 6.45) is 4.08. The molecule has 1 aromatic carbocycles. The predicted molar refractivity (Wildman–Crippen MR) is 90.8 cm³/mol. The molecule has 112 valence electrons. The fourth-order valence-corrected chi connectivity index (χ4v) is 4.26. The lowest BCUT2D eigenvalue weighted by Gasteiger charge is -2.39. The lowest BCUT2D eigenvalue weighted by atomic mass is 9.73. The summed E-state index contributed by atoms with van der Waals surface area (Å²) in [5.41, 5.74) is 1.37. The Kier molecular flexibility index (Phi) is 5.68. The largest absolute Gasteiger partial charge is 0.307 e. The molecule has 2 rings (SSSR count). The van der Waals surface area contributed by atoms with Crippen LogP contribution in [0.1, 0.15) is 58.6 Å². The average Bonchev–Trinajstić information content (AvgIpc) is 2.38. The molecule has 0 bridgehead atoms. The van der Waals surface area contributed by atoms with E-state index in [1.807, 2.05) is 0 Å². The highest BCUT2D eigenvalue weighted by Crippen LogP contribution is 2.35. The van der Waals surface area contributed by atoms with Crippen LogP contribution in [0.3, 0.4) is 0 Å². The van der Waals surface area contributed by atoms with Crippen LogP contribution in [0.2, 0.25) is 0 Å². The Balaban J connectivity index is 2.08. The van der Waals surface area contributed by atoms with Crippen molar-refractivity contribution >= 4 is 15.9 Å². The number of rotatable bonds is 4. The van der Waals surface area contributed by atoms with Gasteiger partial charge in [-0.2, -0.15) is 0 Å². The summed E-state index contributed by atoms with van der Waals surface area (Å²) >= 11 is 3.68. The third kappa shape index (κ3) is 3.85. The van der Waals surface area contributed by atoms with Crippen LogP contribution in [-0.2, 0) is 0 Å². The predicted octanol–water partition coefficient (Wildman–Crippen LogP) is 5.56. The van der Waals surface area contributed by atoms with Gasteiger partial charge in [0.1, 0.15) is 0 Å². The summed E-state index contributed by atoms with van der Waals surface area (Å²) in [7, 11) is 0. The Morgan fingerprint density at radius 1 is 1.15 bits per heavy atom. The van der Waals surface area contributed by atoms with Crippen LogP contribution in [-0.4, -0.2) is 6.04 Å². The second-order valence-electron chi connectivity index (χ2n) is 6.84. The van der Waals surface area contributed by atoms with E-state index in [4.69, 9.17) is 0 Å². The van der Waals surface area contributed by atoms with Crippen molar-refractivity contribution in [2.75, 3.05) is 0 Å². The van der Waals surface area contributed by atoms with Crippen molar-refractivity contribution in [3.05, 3.63) is 34.3 Å². The van der Waals surface area contributed by atoms with Gasteiger partial charge < -0.3 is 5.32 Å². The van der Waals surface area contributed by atoms with Crippen molar-refractivity contribution < 1.29 is 0 Å². The van der Waals surface area contributed by atoms with E-state index in [0.717, 1.165) is 17.8 Å². The minimum absolute atomic E-state index is 0.405. The molecule has 1 aromatic rings. The third-order valence-electron chi connectivity index (χ3n) is 4.86. The molecule has 2 heteroatoms. The molecule has 0 spiro atoms. The van der Waals surface area contributed by atoms with Crippen molar-refractivity contribution in [3.63, 3.8) is 0 Å². The summed E-state index contributed by atoms with van der Waals surface area (Å²) in [5.74, 6) is 2.44. The Bertz CT molecular complexity index is 429. The molecule has 1 aliphatic rings. The SMILES string of the molecule is CC1CCC(C(C)C)C(N[C@@H](C)c2ccccc2Br)C1. The standard InChI is InChI=1S/C18H28BrN/c1-12(2)15-10-9-13(3)11-18(15)20-14(4)16-7-5-6-8-17(16)19/h5-8,12-15,18,20H,9-11H2,1-4H3/t13?,14-,15?,18?/m0/s1. The molecule has 0 radical (unpaired) electrons. The molecule has 0 aliphatic heterocycles. The molecule has 3 unspecified atom stereocenters. The Hall–Kier alpha value is -0.340. The van der Waals surface area contributed by atoms with Gasteiger partial charge in [0.15, 0.2) is 0 Å². The number of halogens is 1. The van der Waals surface area contributed by atoms with E-state index in [1.165, 1.54) is 29.3 Å². The van der Waals surface area contributed by atoms with Crippen LogP contribution in [0.15, 0.2) is 28.7 Å². The molecule has 1 fully saturated rings. The highest BCUT2D eigenvalue weighted by atomic mass is 79.9. The summed E-state index contributed by atoms with van der Waals surface area (Å²) < 4.78 is 1.21. The number of benzene rings is 1.